The van der Waals surface area contributed by atoms with Gasteiger partial charge in [0.05, 0.1) is 18.3 Å². The van der Waals surface area contributed by atoms with Gasteiger partial charge in [-0.2, -0.15) is 5.10 Å². The molecule has 1 saturated heterocycles. The van der Waals surface area contributed by atoms with Gasteiger partial charge in [-0.05, 0) is 43.7 Å². The molecule has 164 valence electrons. The van der Waals surface area contributed by atoms with Crippen LogP contribution < -0.4 is 0 Å². The van der Waals surface area contributed by atoms with Crippen molar-refractivity contribution in [1.82, 2.24) is 14.8 Å². The summed E-state index contributed by atoms with van der Waals surface area (Å²) in [5, 5.41) is 6.37. The maximum atomic E-state index is 14.0. The molecule has 2 aliphatic rings. The van der Waals surface area contributed by atoms with Crippen molar-refractivity contribution in [2.24, 2.45) is 5.10 Å². The van der Waals surface area contributed by atoms with Crippen LogP contribution in [0.5, 0.6) is 0 Å². The predicted molar refractivity (Wildman–Crippen MR) is 122 cm³/mol. The lowest BCUT2D eigenvalue weighted by molar-refractivity contribution is -0.134. The highest BCUT2D eigenvalue weighted by atomic mass is 19.1. The number of carbonyl (C=O) groups is 1. The first kappa shape index (κ1) is 21.7. The van der Waals surface area contributed by atoms with Crippen LogP contribution in [-0.2, 0) is 4.79 Å². The van der Waals surface area contributed by atoms with Gasteiger partial charge in [-0.3, -0.25) is 9.69 Å². The van der Waals surface area contributed by atoms with E-state index in [0.29, 0.717) is 13.0 Å². The monoisotopic (exact) mass is 422 g/mol. The number of likely N-dealkylation sites (N-methyl/N-ethyl adjacent to an activating group) is 1. The Morgan fingerprint density at radius 1 is 1.06 bits per heavy atom. The van der Waals surface area contributed by atoms with Crippen LogP contribution in [0.3, 0.4) is 0 Å². The van der Waals surface area contributed by atoms with Gasteiger partial charge in [0.2, 0.25) is 0 Å². The molecule has 1 amide bonds. The standard InChI is InChI=1S/C25H31FN4O/c1-4-28-10-12-29(13-11-28)17-25(31)30-24(20-6-5-7-21(26)15-20)16-23(27-30)22-9-8-18(2)14-19(22)3/h5-9,14-15,24H,4,10-13,16-17H2,1-3H3/t24-/m1/s1. The molecule has 0 bridgehead atoms. The molecule has 0 radical (unpaired) electrons. The van der Waals surface area contributed by atoms with Gasteiger partial charge in [0.1, 0.15) is 5.82 Å². The van der Waals surface area contributed by atoms with Crippen molar-refractivity contribution in [3.63, 3.8) is 0 Å². The van der Waals surface area contributed by atoms with Gasteiger partial charge < -0.3 is 4.90 Å². The van der Waals surface area contributed by atoms with Crippen LogP contribution in [0.25, 0.3) is 0 Å². The molecule has 31 heavy (non-hydrogen) atoms. The molecule has 0 aliphatic carbocycles. The van der Waals surface area contributed by atoms with E-state index in [0.717, 1.165) is 55.1 Å². The fraction of sp³-hybridized carbons (Fsp3) is 0.440. The van der Waals surface area contributed by atoms with Crippen molar-refractivity contribution in [1.29, 1.82) is 0 Å². The smallest absolute Gasteiger partial charge is 0.257 e. The SMILES string of the molecule is CCN1CCN(CC(=O)N2N=C(c3ccc(C)cc3C)C[C@@H]2c2cccc(F)c2)CC1. The highest BCUT2D eigenvalue weighted by molar-refractivity contribution is 6.04. The normalized spacial score (nSPS) is 20.2. The van der Waals surface area contributed by atoms with E-state index in [-0.39, 0.29) is 17.8 Å². The molecule has 0 saturated carbocycles. The Labute approximate surface area is 184 Å². The fourth-order valence-electron chi connectivity index (χ4n) is 4.54. The van der Waals surface area contributed by atoms with Gasteiger partial charge in [0.25, 0.3) is 5.91 Å². The largest absolute Gasteiger partial charge is 0.301 e. The number of hydrogen-bond acceptors (Lipinski definition) is 4. The number of halogens is 1. The summed E-state index contributed by atoms with van der Waals surface area (Å²) in [6, 6.07) is 12.5. The molecule has 2 aromatic carbocycles. The van der Waals surface area contributed by atoms with Crippen molar-refractivity contribution < 1.29 is 9.18 Å². The van der Waals surface area contributed by atoms with E-state index in [1.54, 1.807) is 11.1 Å². The second kappa shape index (κ2) is 9.28. The van der Waals surface area contributed by atoms with Crippen LogP contribution in [0.2, 0.25) is 0 Å². The number of aryl methyl sites for hydroxylation is 2. The Morgan fingerprint density at radius 2 is 1.81 bits per heavy atom. The Bertz CT molecular complexity index is 981. The molecule has 2 aliphatic heterocycles. The molecular formula is C25H31FN4O. The van der Waals surface area contributed by atoms with Crippen molar-refractivity contribution in [3.05, 3.63) is 70.5 Å². The maximum absolute atomic E-state index is 14.0. The van der Waals surface area contributed by atoms with E-state index in [2.05, 4.69) is 48.8 Å². The molecule has 2 aromatic rings. The first-order valence-corrected chi connectivity index (χ1v) is 11.1. The minimum Gasteiger partial charge on any atom is -0.301 e. The molecule has 6 heteroatoms. The third-order valence-corrected chi connectivity index (χ3v) is 6.36. The number of benzene rings is 2. The van der Waals surface area contributed by atoms with Crippen LogP contribution in [0.4, 0.5) is 4.39 Å². The lowest BCUT2D eigenvalue weighted by atomic mass is 9.95. The van der Waals surface area contributed by atoms with Crippen molar-refractivity contribution >= 4 is 11.6 Å². The number of hydrazone groups is 1. The Kier molecular flexibility index (Phi) is 6.49. The van der Waals surface area contributed by atoms with Gasteiger partial charge in [-0.25, -0.2) is 9.40 Å². The molecule has 0 N–H and O–H groups in total. The van der Waals surface area contributed by atoms with E-state index in [1.165, 1.54) is 17.7 Å². The van der Waals surface area contributed by atoms with Gasteiger partial charge in [-0.1, -0.05) is 42.8 Å². The summed E-state index contributed by atoms with van der Waals surface area (Å²) < 4.78 is 14.0. The summed E-state index contributed by atoms with van der Waals surface area (Å²) in [7, 11) is 0. The second-order valence-electron chi connectivity index (χ2n) is 8.59. The van der Waals surface area contributed by atoms with Crippen LogP contribution in [-0.4, -0.2) is 65.7 Å². The zero-order chi connectivity index (χ0) is 22.0. The topological polar surface area (TPSA) is 39.1 Å². The molecule has 5 nitrogen and oxygen atoms in total. The third kappa shape index (κ3) is 4.86. The molecule has 0 aromatic heterocycles. The molecule has 1 fully saturated rings. The summed E-state index contributed by atoms with van der Waals surface area (Å²) in [5.41, 5.74) is 5.06. The zero-order valence-corrected chi connectivity index (χ0v) is 18.6. The van der Waals surface area contributed by atoms with Crippen molar-refractivity contribution in [2.75, 3.05) is 39.3 Å². The maximum Gasteiger partial charge on any atom is 0.257 e. The van der Waals surface area contributed by atoms with Crippen LogP contribution in [0.1, 0.15) is 41.6 Å². The quantitative estimate of drug-likeness (QED) is 0.737. The van der Waals surface area contributed by atoms with E-state index in [9.17, 15) is 9.18 Å². The number of hydrogen-bond donors (Lipinski definition) is 0. The number of amides is 1. The van der Waals surface area contributed by atoms with Gasteiger partial charge in [0, 0.05) is 38.2 Å². The number of rotatable bonds is 5. The first-order valence-electron chi connectivity index (χ1n) is 11.1. The van der Waals surface area contributed by atoms with E-state index in [1.807, 2.05) is 6.07 Å². The molecular weight excluding hydrogens is 391 g/mol. The lowest BCUT2D eigenvalue weighted by Crippen LogP contribution is -2.49. The highest BCUT2D eigenvalue weighted by Gasteiger charge is 2.34. The van der Waals surface area contributed by atoms with Gasteiger partial charge in [-0.15, -0.1) is 0 Å². The van der Waals surface area contributed by atoms with Crippen molar-refractivity contribution in [3.8, 4) is 0 Å². The number of piperazine rings is 1. The van der Waals surface area contributed by atoms with E-state index in [4.69, 9.17) is 5.10 Å². The van der Waals surface area contributed by atoms with Gasteiger partial charge >= 0.3 is 0 Å². The summed E-state index contributed by atoms with van der Waals surface area (Å²) in [6.45, 7) is 11.4. The van der Waals surface area contributed by atoms with Crippen LogP contribution in [0, 0.1) is 19.7 Å². The molecule has 1 atom stereocenters. The fourth-order valence-corrected chi connectivity index (χ4v) is 4.54. The first-order chi connectivity index (χ1) is 14.9. The third-order valence-electron chi connectivity index (χ3n) is 6.36. The van der Waals surface area contributed by atoms with Crippen LogP contribution >= 0.6 is 0 Å². The average Bonchev–Trinajstić information content (AvgIpc) is 3.19. The van der Waals surface area contributed by atoms with E-state index < -0.39 is 0 Å². The predicted octanol–water partition coefficient (Wildman–Crippen LogP) is 3.76. The molecule has 2 heterocycles. The Hall–Kier alpha value is -2.57. The summed E-state index contributed by atoms with van der Waals surface area (Å²) in [5.74, 6) is -0.320. The minimum absolute atomic E-state index is 0.0287. The minimum atomic E-state index is -0.291. The molecule has 0 unspecified atom stereocenters. The lowest BCUT2D eigenvalue weighted by Gasteiger charge is -2.34. The number of nitrogens with zero attached hydrogens (tertiary/aromatic N) is 4. The Balaban J connectivity index is 1.58. The summed E-state index contributed by atoms with van der Waals surface area (Å²) in [6.07, 6.45) is 0.586. The van der Waals surface area contributed by atoms with Crippen LogP contribution in [0.15, 0.2) is 47.6 Å². The second-order valence-corrected chi connectivity index (χ2v) is 8.59. The Morgan fingerprint density at radius 3 is 2.48 bits per heavy atom. The number of carbonyl (C=O) groups excluding carboxylic acids is 1. The summed E-state index contributed by atoms with van der Waals surface area (Å²) in [4.78, 5) is 17.9. The molecule has 0 spiro atoms. The highest BCUT2D eigenvalue weighted by Crippen LogP contribution is 2.34. The zero-order valence-electron chi connectivity index (χ0n) is 18.6. The average molecular weight is 423 g/mol. The van der Waals surface area contributed by atoms with Crippen molar-refractivity contribution in [2.45, 2.75) is 33.2 Å². The van der Waals surface area contributed by atoms with Gasteiger partial charge in [0.15, 0.2) is 0 Å². The molecule has 4 rings (SSSR count). The summed E-state index contributed by atoms with van der Waals surface area (Å²) >= 11 is 0. The van der Waals surface area contributed by atoms with E-state index >= 15 is 0 Å².